The molecule has 9 heteroatoms. The van der Waals surface area contributed by atoms with E-state index in [4.69, 9.17) is 14.2 Å². The topological polar surface area (TPSA) is 103 Å². The minimum Gasteiger partial charge on any atom is -0.497 e. The van der Waals surface area contributed by atoms with Gasteiger partial charge in [-0.05, 0) is 23.6 Å². The molecule has 2 N–H and O–H groups in total. The average molecular weight is 392 g/mol. The second kappa shape index (κ2) is 10.2. The number of hydrogen-bond acceptors (Lipinski definition) is 7. The number of thiophene rings is 1. The molecule has 8 nitrogen and oxygen atoms in total. The lowest BCUT2D eigenvalue weighted by molar-refractivity contribution is -0.147. The Morgan fingerprint density at radius 1 is 1.11 bits per heavy atom. The van der Waals surface area contributed by atoms with Gasteiger partial charge in [-0.25, -0.2) is 0 Å². The third kappa shape index (κ3) is 6.30. The van der Waals surface area contributed by atoms with Crippen molar-refractivity contribution in [2.24, 2.45) is 0 Å². The summed E-state index contributed by atoms with van der Waals surface area (Å²) in [5, 5.41) is 8.71. The first-order valence-corrected chi connectivity index (χ1v) is 8.95. The zero-order valence-electron chi connectivity index (χ0n) is 14.9. The molecular formula is C18H20N2O6S. The fourth-order valence-electron chi connectivity index (χ4n) is 2.09. The molecule has 0 saturated heterocycles. The maximum atomic E-state index is 12.0. The number of methoxy groups -OCH3 is 2. The van der Waals surface area contributed by atoms with Crippen LogP contribution in [0.25, 0.3) is 0 Å². The van der Waals surface area contributed by atoms with Crippen molar-refractivity contribution < 1.29 is 28.6 Å². The second-order valence-corrected chi connectivity index (χ2v) is 6.07. The van der Waals surface area contributed by atoms with Crippen molar-refractivity contribution in [1.82, 2.24) is 5.32 Å². The smallest absolute Gasteiger partial charge is 0.308 e. The van der Waals surface area contributed by atoms with E-state index in [0.29, 0.717) is 22.7 Å². The molecule has 1 heterocycles. The van der Waals surface area contributed by atoms with Crippen LogP contribution in [-0.2, 0) is 14.3 Å². The fraction of sp³-hybridized carbons (Fsp3) is 0.278. The van der Waals surface area contributed by atoms with Crippen molar-refractivity contribution in [1.29, 1.82) is 0 Å². The summed E-state index contributed by atoms with van der Waals surface area (Å²) in [5.74, 6) is -0.367. The quantitative estimate of drug-likeness (QED) is 0.634. The minimum absolute atomic E-state index is 0.0361. The van der Waals surface area contributed by atoms with E-state index >= 15 is 0 Å². The van der Waals surface area contributed by atoms with Crippen molar-refractivity contribution in [2.75, 3.05) is 32.7 Å². The highest BCUT2D eigenvalue weighted by molar-refractivity contribution is 7.08. The standard InChI is InChI=1S/C18H20N2O6S/c1-24-13-3-4-15(25-2)14(9-13)20-16(21)10-26-17(22)5-7-19-18(23)12-6-8-27-11-12/h3-4,6,8-9,11H,5,7,10H2,1-2H3,(H,19,23)(H,20,21). The molecule has 0 bridgehead atoms. The van der Waals surface area contributed by atoms with Gasteiger partial charge >= 0.3 is 5.97 Å². The summed E-state index contributed by atoms with van der Waals surface area (Å²) in [6.07, 6.45) is -0.0361. The number of anilines is 1. The molecule has 1 aromatic heterocycles. The lowest BCUT2D eigenvalue weighted by Crippen LogP contribution is -2.27. The van der Waals surface area contributed by atoms with Crippen LogP contribution in [0, 0.1) is 0 Å². The lowest BCUT2D eigenvalue weighted by Gasteiger charge is -2.12. The van der Waals surface area contributed by atoms with Gasteiger partial charge in [-0.3, -0.25) is 14.4 Å². The number of amides is 2. The van der Waals surface area contributed by atoms with Gasteiger partial charge in [0.25, 0.3) is 11.8 Å². The molecule has 0 fully saturated rings. The highest BCUT2D eigenvalue weighted by Gasteiger charge is 2.12. The van der Waals surface area contributed by atoms with Crippen LogP contribution in [0.15, 0.2) is 35.0 Å². The van der Waals surface area contributed by atoms with Crippen LogP contribution in [0.5, 0.6) is 11.5 Å². The Balaban J connectivity index is 1.73. The molecule has 27 heavy (non-hydrogen) atoms. The molecule has 144 valence electrons. The highest BCUT2D eigenvalue weighted by atomic mass is 32.1. The van der Waals surface area contributed by atoms with E-state index in [2.05, 4.69) is 10.6 Å². The molecular weight excluding hydrogens is 372 g/mol. The Bertz CT molecular complexity index is 791. The average Bonchev–Trinajstić information content (AvgIpc) is 3.21. The van der Waals surface area contributed by atoms with Crippen molar-refractivity contribution in [3.8, 4) is 11.5 Å². The Hall–Kier alpha value is -3.07. The number of carbonyl (C=O) groups excluding carboxylic acids is 3. The van der Waals surface area contributed by atoms with Gasteiger partial charge in [0, 0.05) is 23.6 Å². The van der Waals surface area contributed by atoms with Crippen molar-refractivity contribution in [3.63, 3.8) is 0 Å². The number of hydrogen-bond donors (Lipinski definition) is 2. The lowest BCUT2D eigenvalue weighted by atomic mass is 10.2. The zero-order chi connectivity index (χ0) is 19.6. The molecule has 1 aromatic carbocycles. The monoisotopic (exact) mass is 392 g/mol. The van der Waals surface area contributed by atoms with Crippen molar-refractivity contribution in [3.05, 3.63) is 40.6 Å². The van der Waals surface area contributed by atoms with Gasteiger partial charge < -0.3 is 24.8 Å². The van der Waals surface area contributed by atoms with Crippen LogP contribution in [0.1, 0.15) is 16.8 Å². The predicted molar refractivity (Wildman–Crippen MR) is 100 cm³/mol. The van der Waals surface area contributed by atoms with Crippen LogP contribution in [0.3, 0.4) is 0 Å². The molecule has 0 radical (unpaired) electrons. The van der Waals surface area contributed by atoms with Gasteiger partial charge in [0.05, 0.1) is 26.3 Å². The highest BCUT2D eigenvalue weighted by Crippen LogP contribution is 2.28. The van der Waals surface area contributed by atoms with Crippen LogP contribution >= 0.6 is 11.3 Å². The first-order valence-electron chi connectivity index (χ1n) is 8.01. The maximum Gasteiger partial charge on any atom is 0.308 e. The van der Waals surface area contributed by atoms with Crippen LogP contribution in [0.2, 0.25) is 0 Å². The van der Waals surface area contributed by atoms with E-state index in [1.54, 1.807) is 35.0 Å². The first kappa shape index (κ1) is 20.2. The van der Waals surface area contributed by atoms with Crippen molar-refractivity contribution >= 4 is 34.8 Å². The summed E-state index contributed by atoms with van der Waals surface area (Å²) in [5.41, 5.74) is 0.945. The number of carbonyl (C=O) groups is 3. The maximum absolute atomic E-state index is 12.0. The molecule has 2 rings (SSSR count). The SMILES string of the molecule is COc1ccc(OC)c(NC(=O)COC(=O)CCNC(=O)c2ccsc2)c1. The van der Waals surface area contributed by atoms with Crippen LogP contribution in [-0.4, -0.2) is 45.2 Å². The Morgan fingerprint density at radius 3 is 2.59 bits per heavy atom. The van der Waals surface area contributed by atoms with Gasteiger partial charge in [-0.2, -0.15) is 11.3 Å². The molecule has 2 amide bonds. The van der Waals surface area contributed by atoms with Crippen molar-refractivity contribution in [2.45, 2.75) is 6.42 Å². The second-order valence-electron chi connectivity index (χ2n) is 5.29. The molecule has 0 aliphatic carbocycles. The van der Waals surface area contributed by atoms with E-state index in [1.165, 1.54) is 25.6 Å². The van der Waals surface area contributed by atoms with E-state index in [-0.39, 0.29) is 18.9 Å². The summed E-state index contributed by atoms with van der Waals surface area (Å²) in [6, 6.07) is 6.63. The molecule has 0 spiro atoms. The van der Waals surface area contributed by atoms with E-state index in [0.717, 1.165) is 0 Å². The van der Waals surface area contributed by atoms with Gasteiger partial charge in [-0.1, -0.05) is 0 Å². The molecule has 0 saturated carbocycles. The number of benzene rings is 1. The molecule has 0 atom stereocenters. The molecule has 0 unspecified atom stereocenters. The van der Waals surface area contributed by atoms with Gasteiger partial charge in [0.1, 0.15) is 11.5 Å². The fourth-order valence-corrected chi connectivity index (χ4v) is 2.73. The van der Waals surface area contributed by atoms with E-state index < -0.39 is 18.5 Å². The third-order valence-electron chi connectivity index (χ3n) is 3.44. The van der Waals surface area contributed by atoms with Crippen LogP contribution < -0.4 is 20.1 Å². The Labute approximate surface area is 160 Å². The Kier molecular flexibility index (Phi) is 7.63. The Morgan fingerprint density at radius 2 is 1.93 bits per heavy atom. The number of ether oxygens (including phenoxy) is 3. The normalized spacial score (nSPS) is 10.0. The first-order chi connectivity index (χ1) is 13.0. The molecule has 0 aliphatic rings. The van der Waals surface area contributed by atoms with Gasteiger partial charge in [0.2, 0.25) is 0 Å². The predicted octanol–water partition coefficient (Wildman–Crippen LogP) is 2.07. The van der Waals surface area contributed by atoms with Gasteiger partial charge in [-0.15, -0.1) is 0 Å². The van der Waals surface area contributed by atoms with Crippen LogP contribution in [0.4, 0.5) is 5.69 Å². The largest absolute Gasteiger partial charge is 0.497 e. The minimum atomic E-state index is -0.589. The summed E-state index contributed by atoms with van der Waals surface area (Å²) in [6.45, 7) is -0.323. The van der Waals surface area contributed by atoms with E-state index in [9.17, 15) is 14.4 Å². The number of nitrogens with one attached hydrogen (secondary N) is 2. The third-order valence-corrected chi connectivity index (χ3v) is 4.13. The number of rotatable bonds is 9. The summed E-state index contributed by atoms with van der Waals surface area (Å²) in [4.78, 5) is 35.4. The van der Waals surface area contributed by atoms with Gasteiger partial charge in [0.15, 0.2) is 6.61 Å². The summed E-state index contributed by atoms with van der Waals surface area (Å²) in [7, 11) is 2.98. The molecule has 0 aliphatic heterocycles. The number of esters is 1. The van der Waals surface area contributed by atoms with E-state index in [1.807, 2.05) is 0 Å². The molecule has 2 aromatic rings. The zero-order valence-corrected chi connectivity index (χ0v) is 15.8. The summed E-state index contributed by atoms with van der Waals surface area (Å²) >= 11 is 1.41. The summed E-state index contributed by atoms with van der Waals surface area (Å²) < 4.78 is 15.2.